The van der Waals surface area contributed by atoms with E-state index in [9.17, 15) is 5.26 Å². The minimum Gasteiger partial charge on any atom is -0.494 e. The first kappa shape index (κ1) is 13.8. The molecule has 1 aliphatic heterocycles. The number of nitrogens with one attached hydrogen (secondary N) is 1. The van der Waals surface area contributed by atoms with E-state index in [4.69, 9.17) is 4.74 Å². The first-order chi connectivity index (χ1) is 11.3. The first-order valence-corrected chi connectivity index (χ1v) is 7.51. The summed E-state index contributed by atoms with van der Waals surface area (Å²) in [7, 11) is 1.60. The molecule has 1 N–H and O–H groups in total. The van der Waals surface area contributed by atoms with Gasteiger partial charge in [-0.15, -0.1) is 0 Å². The molecule has 1 fully saturated rings. The van der Waals surface area contributed by atoms with E-state index in [1.54, 1.807) is 17.8 Å². The maximum absolute atomic E-state index is 9.18. The zero-order valence-corrected chi connectivity index (χ0v) is 12.7. The van der Waals surface area contributed by atoms with Gasteiger partial charge in [-0.25, -0.2) is 4.52 Å². The highest BCUT2D eigenvalue weighted by Crippen LogP contribution is 2.30. The lowest BCUT2D eigenvalue weighted by molar-refractivity contribution is 0.417. The topological polar surface area (TPSA) is 80.2 Å². The zero-order valence-electron chi connectivity index (χ0n) is 12.7. The Kier molecular flexibility index (Phi) is 3.24. The fraction of sp³-hybridized carbons (Fsp3) is 0.312. The minimum atomic E-state index is 0.407. The Bertz CT molecular complexity index is 897. The van der Waals surface area contributed by atoms with Gasteiger partial charge in [0.05, 0.1) is 25.5 Å². The van der Waals surface area contributed by atoms with E-state index in [1.807, 2.05) is 29.3 Å². The molecule has 1 aliphatic rings. The summed E-state index contributed by atoms with van der Waals surface area (Å²) in [5.74, 6) is 0.631. The number of rotatable bonds is 3. The monoisotopic (exact) mass is 308 g/mol. The third kappa shape index (κ3) is 2.24. The van der Waals surface area contributed by atoms with Crippen molar-refractivity contribution in [3.8, 4) is 22.9 Å². The van der Waals surface area contributed by atoms with Gasteiger partial charge in [-0.05, 0) is 19.0 Å². The van der Waals surface area contributed by atoms with Crippen LogP contribution in [0.25, 0.3) is 16.6 Å². The van der Waals surface area contributed by atoms with Crippen molar-refractivity contribution in [1.29, 1.82) is 5.26 Å². The van der Waals surface area contributed by atoms with Gasteiger partial charge in [-0.1, -0.05) is 0 Å². The Balaban J connectivity index is 1.78. The average Bonchev–Trinajstić information content (AvgIpc) is 3.31. The molecule has 23 heavy (non-hydrogen) atoms. The van der Waals surface area contributed by atoms with Gasteiger partial charge in [-0.2, -0.15) is 15.5 Å². The fourth-order valence-corrected chi connectivity index (χ4v) is 3.03. The molecule has 3 aromatic heterocycles. The lowest BCUT2D eigenvalue weighted by Crippen LogP contribution is -2.13. The van der Waals surface area contributed by atoms with Gasteiger partial charge in [0.15, 0.2) is 0 Å². The van der Waals surface area contributed by atoms with Crippen LogP contribution in [0, 0.1) is 11.3 Å². The van der Waals surface area contributed by atoms with Crippen LogP contribution in [0.3, 0.4) is 0 Å². The number of pyridine rings is 1. The van der Waals surface area contributed by atoms with Crippen molar-refractivity contribution in [3.63, 3.8) is 0 Å². The summed E-state index contributed by atoms with van der Waals surface area (Å²) in [4.78, 5) is 0. The maximum Gasteiger partial charge on any atom is 0.146 e. The lowest BCUT2D eigenvalue weighted by atomic mass is 10.1. The zero-order chi connectivity index (χ0) is 15.8. The third-order valence-electron chi connectivity index (χ3n) is 4.26. The van der Waals surface area contributed by atoms with Crippen molar-refractivity contribution in [1.82, 2.24) is 24.7 Å². The predicted molar refractivity (Wildman–Crippen MR) is 84.2 cm³/mol. The van der Waals surface area contributed by atoms with Crippen LogP contribution in [-0.2, 0) is 0 Å². The molecule has 0 bridgehead atoms. The van der Waals surface area contributed by atoms with Gasteiger partial charge in [0, 0.05) is 30.1 Å². The Morgan fingerprint density at radius 2 is 2.22 bits per heavy atom. The molecule has 4 rings (SSSR count). The van der Waals surface area contributed by atoms with Crippen molar-refractivity contribution in [2.24, 2.45) is 0 Å². The predicted octanol–water partition coefficient (Wildman–Crippen LogP) is 1.61. The number of fused-ring (bicyclic) bond motifs is 1. The number of methoxy groups -OCH3 is 1. The number of hydrogen-bond acceptors (Lipinski definition) is 5. The molecule has 7 nitrogen and oxygen atoms in total. The Morgan fingerprint density at radius 1 is 1.30 bits per heavy atom. The second kappa shape index (κ2) is 5.41. The highest BCUT2D eigenvalue weighted by atomic mass is 16.5. The molecule has 0 radical (unpaired) electrons. The molecule has 116 valence electrons. The number of nitrogens with zero attached hydrogens (tertiary/aromatic N) is 5. The van der Waals surface area contributed by atoms with E-state index in [-0.39, 0.29) is 0 Å². The SMILES string of the molecule is COc1cc(-c2cnn([C@H]3CCNC3)c2)cn2ncc(C#N)c12. The first-order valence-electron chi connectivity index (χ1n) is 7.51. The van der Waals surface area contributed by atoms with E-state index in [0.717, 1.165) is 30.6 Å². The van der Waals surface area contributed by atoms with Crippen molar-refractivity contribution < 1.29 is 4.74 Å². The fourth-order valence-electron chi connectivity index (χ4n) is 3.03. The summed E-state index contributed by atoms with van der Waals surface area (Å²) < 4.78 is 9.14. The van der Waals surface area contributed by atoms with Gasteiger partial charge in [0.25, 0.3) is 0 Å². The van der Waals surface area contributed by atoms with Crippen LogP contribution in [0.4, 0.5) is 0 Å². The molecular formula is C16H16N6O. The third-order valence-corrected chi connectivity index (χ3v) is 4.26. The summed E-state index contributed by atoms with van der Waals surface area (Å²) in [6, 6.07) is 4.47. The molecule has 0 amide bonds. The molecule has 1 atom stereocenters. The van der Waals surface area contributed by atoms with Gasteiger partial charge in [0.2, 0.25) is 0 Å². The molecule has 1 saturated heterocycles. The van der Waals surface area contributed by atoms with Gasteiger partial charge >= 0.3 is 0 Å². The van der Waals surface area contributed by atoms with E-state index < -0.39 is 0 Å². The van der Waals surface area contributed by atoms with Crippen LogP contribution in [-0.4, -0.2) is 39.6 Å². The quantitative estimate of drug-likeness (QED) is 0.795. The molecule has 7 heteroatoms. The second-order valence-electron chi connectivity index (χ2n) is 5.62. The van der Waals surface area contributed by atoms with Crippen molar-refractivity contribution in [2.75, 3.05) is 20.2 Å². The van der Waals surface area contributed by atoms with Crippen LogP contribution < -0.4 is 10.1 Å². The molecule has 0 aliphatic carbocycles. The highest BCUT2D eigenvalue weighted by Gasteiger charge is 2.18. The van der Waals surface area contributed by atoms with Crippen LogP contribution in [0.2, 0.25) is 0 Å². The molecule has 0 saturated carbocycles. The molecular weight excluding hydrogens is 292 g/mol. The van der Waals surface area contributed by atoms with Gasteiger partial charge < -0.3 is 10.1 Å². The standard InChI is InChI=1S/C16H16N6O/c1-23-15-4-11(9-22-16(15)12(5-17)6-20-22)13-7-19-21(10-13)14-2-3-18-8-14/h4,6-7,9-10,14,18H,2-3,8H2,1H3/t14-/m0/s1. The van der Waals surface area contributed by atoms with Crippen LogP contribution >= 0.6 is 0 Å². The molecule has 0 spiro atoms. The summed E-state index contributed by atoms with van der Waals surface area (Å²) in [6.07, 6.45) is 8.44. The Morgan fingerprint density at radius 3 is 2.96 bits per heavy atom. The smallest absolute Gasteiger partial charge is 0.146 e. The number of nitriles is 1. The van der Waals surface area contributed by atoms with Gasteiger partial charge in [0.1, 0.15) is 22.9 Å². The molecule has 4 heterocycles. The average molecular weight is 308 g/mol. The van der Waals surface area contributed by atoms with Crippen molar-refractivity contribution >= 4 is 5.52 Å². The van der Waals surface area contributed by atoms with Crippen LogP contribution in [0.1, 0.15) is 18.0 Å². The van der Waals surface area contributed by atoms with E-state index >= 15 is 0 Å². The molecule has 0 aromatic carbocycles. The Hall–Kier alpha value is -2.85. The second-order valence-corrected chi connectivity index (χ2v) is 5.62. The normalized spacial score (nSPS) is 17.5. The van der Waals surface area contributed by atoms with E-state index in [1.165, 1.54) is 0 Å². The number of ether oxygens (including phenoxy) is 1. The van der Waals surface area contributed by atoms with E-state index in [0.29, 0.717) is 22.9 Å². The van der Waals surface area contributed by atoms with Crippen molar-refractivity contribution in [3.05, 3.63) is 36.4 Å². The Labute approximate surface area is 133 Å². The lowest BCUT2D eigenvalue weighted by Gasteiger charge is -2.08. The summed E-state index contributed by atoms with van der Waals surface area (Å²) in [6.45, 7) is 1.98. The summed E-state index contributed by atoms with van der Waals surface area (Å²) >= 11 is 0. The van der Waals surface area contributed by atoms with Crippen LogP contribution in [0.15, 0.2) is 30.9 Å². The highest BCUT2D eigenvalue weighted by molar-refractivity contribution is 5.74. The number of hydrogen-bond donors (Lipinski definition) is 1. The van der Waals surface area contributed by atoms with Crippen LogP contribution in [0.5, 0.6) is 5.75 Å². The van der Waals surface area contributed by atoms with E-state index in [2.05, 4.69) is 21.6 Å². The van der Waals surface area contributed by atoms with Crippen molar-refractivity contribution in [2.45, 2.75) is 12.5 Å². The largest absolute Gasteiger partial charge is 0.494 e. The van der Waals surface area contributed by atoms with Gasteiger partial charge in [-0.3, -0.25) is 4.68 Å². The molecule has 0 unspecified atom stereocenters. The summed E-state index contributed by atoms with van der Waals surface area (Å²) in [5, 5.41) is 21.3. The maximum atomic E-state index is 9.18. The summed E-state index contributed by atoms with van der Waals surface area (Å²) in [5.41, 5.74) is 3.15. The molecule has 3 aromatic rings. The number of aromatic nitrogens is 4. The minimum absolute atomic E-state index is 0.407.